The Bertz CT molecular complexity index is 798. The van der Waals surface area contributed by atoms with Gasteiger partial charge in [-0.15, -0.1) is 0 Å². The minimum absolute atomic E-state index is 0.0303. The van der Waals surface area contributed by atoms with Gasteiger partial charge in [-0.1, -0.05) is 34.9 Å². The van der Waals surface area contributed by atoms with Gasteiger partial charge in [-0.3, -0.25) is 9.59 Å². The Hall–Kier alpha value is -2.04. The van der Waals surface area contributed by atoms with E-state index >= 15 is 0 Å². The second-order valence-electron chi connectivity index (χ2n) is 9.37. The number of rotatable bonds is 12. The van der Waals surface area contributed by atoms with Crippen LogP contribution in [0.3, 0.4) is 0 Å². The summed E-state index contributed by atoms with van der Waals surface area (Å²) in [4.78, 5) is 23.7. The van der Waals surface area contributed by atoms with E-state index in [0.717, 1.165) is 32.1 Å². The highest BCUT2D eigenvalue weighted by molar-refractivity contribution is 6.20. The van der Waals surface area contributed by atoms with Gasteiger partial charge in [0.15, 0.2) is 11.6 Å². The summed E-state index contributed by atoms with van der Waals surface area (Å²) in [5.74, 6) is -0.133. The Kier molecular flexibility index (Phi) is 11.1. The summed E-state index contributed by atoms with van der Waals surface area (Å²) in [6, 6.07) is 0. The highest BCUT2D eigenvalue weighted by atomic mass is 16.3. The highest BCUT2D eigenvalue weighted by Crippen LogP contribution is 2.19. The lowest BCUT2D eigenvalue weighted by molar-refractivity contribution is -0.115. The maximum absolute atomic E-state index is 12.1. The number of Topliss-reactive ketones (excluding diaryl/α,β-unsaturated/α-hetero) is 1. The van der Waals surface area contributed by atoms with Crippen molar-refractivity contribution in [3.05, 3.63) is 58.2 Å². The monoisotopic (exact) mass is 428 g/mol. The van der Waals surface area contributed by atoms with Crippen molar-refractivity contribution in [3.63, 3.8) is 0 Å². The molecule has 0 saturated heterocycles. The Morgan fingerprint density at radius 3 is 2.00 bits per heavy atom. The topological polar surface area (TPSA) is 74.6 Å². The summed E-state index contributed by atoms with van der Waals surface area (Å²) in [7, 11) is 0. The van der Waals surface area contributed by atoms with Crippen LogP contribution in [0.25, 0.3) is 0 Å². The summed E-state index contributed by atoms with van der Waals surface area (Å²) in [6.45, 7) is 11.2. The second kappa shape index (κ2) is 12.7. The van der Waals surface area contributed by atoms with Crippen LogP contribution in [-0.2, 0) is 9.59 Å². The molecule has 0 saturated carbocycles. The van der Waals surface area contributed by atoms with Crippen LogP contribution in [0.15, 0.2) is 58.2 Å². The van der Waals surface area contributed by atoms with E-state index in [1.165, 1.54) is 28.9 Å². The van der Waals surface area contributed by atoms with Crippen molar-refractivity contribution >= 4 is 11.6 Å². The van der Waals surface area contributed by atoms with Crippen LogP contribution >= 0.6 is 0 Å². The summed E-state index contributed by atoms with van der Waals surface area (Å²) < 4.78 is 0. The number of aliphatic hydroxyl groups excluding tert-OH is 1. The van der Waals surface area contributed by atoms with E-state index in [2.05, 4.69) is 32.9 Å². The summed E-state index contributed by atoms with van der Waals surface area (Å²) >= 11 is 0. The first kappa shape index (κ1) is 27.0. The van der Waals surface area contributed by atoms with Gasteiger partial charge in [0.25, 0.3) is 0 Å². The van der Waals surface area contributed by atoms with E-state index in [1.54, 1.807) is 20.8 Å². The average molecular weight is 429 g/mol. The molecule has 0 aromatic rings. The van der Waals surface area contributed by atoms with Crippen molar-refractivity contribution in [2.45, 2.75) is 98.2 Å². The fourth-order valence-corrected chi connectivity index (χ4v) is 3.36. The molecule has 0 amide bonds. The van der Waals surface area contributed by atoms with Gasteiger partial charge in [-0.2, -0.15) is 0 Å². The van der Waals surface area contributed by atoms with Crippen LogP contribution in [0.1, 0.15) is 86.5 Å². The smallest absolute Gasteiger partial charge is 0.185 e. The molecule has 0 spiro atoms. The Morgan fingerprint density at radius 2 is 1.45 bits per heavy atom. The van der Waals surface area contributed by atoms with Crippen LogP contribution in [0.5, 0.6) is 0 Å². The fourth-order valence-electron chi connectivity index (χ4n) is 3.36. The van der Waals surface area contributed by atoms with Crippen molar-refractivity contribution in [1.82, 2.24) is 0 Å². The van der Waals surface area contributed by atoms with E-state index in [9.17, 15) is 19.8 Å². The van der Waals surface area contributed by atoms with E-state index in [-0.39, 0.29) is 11.6 Å². The molecule has 1 atom stereocenters. The van der Waals surface area contributed by atoms with Gasteiger partial charge in [-0.25, -0.2) is 0 Å². The third-order valence-electron chi connectivity index (χ3n) is 5.69. The van der Waals surface area contributed by atoms with Gasteiger partial charge in [0.2, 0.25) is 0 Å². The summed E-state index contributed by atoms with van der Waals surface area (Å²) in [5, 5.41) is 19.7. The molecule has 0 aromatic carbocycles. The molecule has 2 N–H and O–H groups in total. The average Bonchev–Trinajstić information content (AvgIpc) is 2.66. The van der Waals surface area contributed by atoms with Gasteiger partial charge in [-0.05, 0) is 98.6 Å². The number of allylic oxidation sites excluding steroid dienone is 10. The number of aliphatic hydroxyl groups is 2. The molecule has 0 radical (unpaired) electrons. The molecular formula is C27H40O4. The quantitative estimate of drug-likeness (QED) is 0.308. The zero-order valence-corrected chi connectivity index (χ0v) is 20.1. The second-order valence-corrected chi connectivity index (χ2v) is 9.37. The van der Waals surface area contributed by atoms with Crippen molar-refractivity contribution in [2.75, 3.05) is 0 Å². The number of ketones is 2. The number of carbonyl (C=O) groups excluding carboxylic acids is 2. The van der Waals surface area contributed by atoms with E-state index in [1.807, 2.05) is 6.08 Å². The molecule has 1 aliphatic rings. The third kappa shape index (κ3) is 10.7. The minimum Gasteiger partial charge on any atom is -0.390 e. The van der Waals surface area contributed by atoms with E-state index in [4.69, 9.17) is 0 Å². The molecule has 31 heavy (non-hydrogen) atoms. The molecule has 1 aliphatic carbocycles. The molecule has 0 bridgehead atoms. The molecular weight excluding hydrogens is 388 g/mol. The SMILES string of the molecule is CC1=CC(=O)C=C(C/C=C(\C)CC/C=C(\C)CC/C=C(\C)CC[C@@H](O)C(C)(C)O)C1=O. The number of carbonyl (C=O) groups is 2. The van der Waals surface area contributed by atoms with Gasteiger partial charge in [0.05, 0.1) is 11.7 Å². The fraction of sp³-hybridized carbons (Fsp3) is 0.556. The van der Waals surface area contributed by atoms with Crippen LogP contribution in [-0.4, -0.2) is 33.5 Å². The third-order valence-corrected chi connectivity index (χ3v) is 5.69. The Balaban J connectivity index is 2.36. The maximum atomic E-state index is 12.1. The lowest BCUT2D eigenvalue weighted by Crippen LogP contribution is -2.35. The van der Waals surface area contributed by atoms with Gasteiger partial charge in [0.1, 0.15) is 0 Å². The molecule has 4 nitrogen and oxygen atoms in total. The minimum atomic E-state index is -1.05. The van der Waals surface area contributed by atoms with Crippen LogP contribution < -0.4 is 0 Å². The van der Waals surface area contributed by atoms with E-state index < -0.39 is 11.7 Å². The lowest BCUT2D eigenvalue weighted by atomic mass is 9.94. The molecule has 0 heterocycles. The highest BCUT2D eigenvalue weighted by Gasteiger charge is 2.23. The zero-order valence-electron chi connectivity index (χ0n) is 20.1. The molecule has 0 fully saturated rings. The first-order chi connectivity index (χ1) is 14.4. The lowest BCUT2D eigenvalue weighted by Gasteiger charge is -2.24. The summed E-state index contributed by atoms with van der Waals surface area (Å²) in [6.07, 6.45) is 14.4. The Labute approximate surface area is 188 Å². The van der Waals surface area contributed by atoms with Gasteiger partial charge in [0, 0.05) is 11.1 Å². The molecule has 4 heteroatoms. The molecule has 1 rings (SSSR count). The largest absolute Gasteiger partial charge is 0.390 e. The molecule has 0 aliphatic heterocycles. The van der Waals surface area contributed by atoms with Crippen LogP contribution in [0.4, 0.5) is 0 Å². The first-order valence-electron chi connectivity index (χ1n) is 11.2. The predicted octanol–water partition coefficient (Wildman–Crippen LogP) is 5.71. The normalized spacial score (nSPS) is 17.6. The van der Waals surface area contributed by atoms with Crippen molar-refractivity contribution < 1.29 is 19.8 Å². The first-order valence-corrected chi connectivity index (χ1v) is 11.2. The maximum Gasteiger partial charge on any atom is 0.185 e. The molecule has 172 valence electrons. The zero-order chi connectivity index (χ0) is 23.6. The van der Waals surface area contributed by atoms with Crippen LogP contribution in [0.2, 0.25) is 0 Å². The number of hydrogen-bond acceptors (Lipinski definition) is 4. The summed E-state index contributed by atoms with van der Waals surface area (Å²) in [5.41, 5.74) is 3.86. The van der Waals surface area contributed by atoms with Crippen molar-refractivity contribution in [2.24, 2.45) is 0 Å². The molecule has 0 aromatic heterocycles. The molecule has 0 unspecified atom stereocenters. The Morgan fingerprint density at radius 1 is 0.935 bits per heavy atom. The number of hydrogen-bond donors (Lipinski definition) is 2. The van der Waals surface area contributed by atoms with Gasteiger partial charge >= 0.3 is 0 Å². The van der Waals surface area contributed by atoms with E-state index in [0.29, 0.717) is 24.0 Å². The van der Waals surface area contributed by atoms with Crippen molar-refractivity contribution in [1.29, 1.82) is 0 Å². The predicted molar refractivity (Wildman–Crippen MR) is 128 cm³/mol. The van der Waals surface area contributed by atoms with Crippen molar-refractivity contribution in [3.8, 4) is 0 Å². The van der Waals surface area contributed by atoms with Crippen LogP contribution in [0, 0.1) is 0 Å². The van der Waals surface area contributed by atoms with Gasteiger partial charge < -0.3 is 10.2 Å². The standard InChI is InChI=1S/C27H40O4/c1-19(10-8-12-21(3)14-16-25(29)27(5,6)31)9-7-11-20(2)13-15-23-18-24(28)17-22(4)26(23)30/h9,12-13,17-18,25,29,31H,7-8,10-11,14-16H2,1-6H3/b19-9+,20-13+,21-12+/t25-/m1/s1.